The molecular formula is C20H33NO4. The number of carbonyl (C=O) groups is 3. The van der Waals surface area contributed by atoms with E-state index >= 15 is 0 Å². The van der Waals surface area contributed by atoms with Crippen LogP contribution in [-0.4, -0.2) is 34.1 Å². The summed E-state index contributed by atoms with van der Waals surface area (Å²) < 4.78 is 0. The summed E-state index contributed by atoms with van der Waals surface area (Å²) in [7, 11) is 0. The molecule has 0 saturated carbocycles. The van der Waals surface area contributed by atoms with Crippen LogP contribution in [0.25, 0.3) is 0 Å². The molecule has 1 unspecified atom stereocenters. The van der Waals surface area contributed by atoms with Crippen LogP contribution in [0.3, 0.4) is 0 Å². The third kappa shape index (κ3) is 6.63. The lowest BCUT2D eigenvalue weighted by atomic mass is 9.83. The van der Waals surface area contributed by atoms with Crippen molar-refractivity contribution in [3.05, 3.63) is 11.3 Å². The number of imide groups is 1. The SMILES string of the molecule is CCCCCCC(=O)N1CC(=O)/C(=C(/O)CC(C)CC(C)(C)C)C1=O. The van der Waals surface area contributed by atoms with Crippen molar-refractivity contribution in [3.63, 3.8) is 0 Å². The van der Waals surface area contributed by atoms with Gasteiger partial charge in [0.1, 0.15) is 11.3 Å². The van der Waals surface area contributed by atoms with Crippen LogP contribution in [0.5, 0.6) is 0 Å². The molecule has 0 aliphatic carbocycles. The van der Waals surface area contributed by atoms with Gasteiger partial charge >= 0.3 is 0 Å². The summed E-state index contributed by atoms with van der Waals surface area (Å²) in [6, 6.07) is 0. The molecule has 5 heteroatoms. The summed E-state index contributed by atoms with van der Waals surface area (Å²) in [6.45, 7) is 10.2. The van der Waals surface area contributed by atoms with Crippen LogP contribution < -0.4 is 0 Å². The monoisotopic (exact) mass is 351 g/mol. The molecule has 142 valence electrons. The van der Waals surface area contributed by atoms with Gasteiger partial charge in [-0.05, 0) is 24.2 Å². The summed E-state index contributed by atoms with van der Waals surface area (Å²) in [6.07, 6.45) is 5.21. The fraction of sp³-hybridized carbons (Fsp3) is 0.750. The van der Waals surface area contributed by atoms with Crippen LogP contribution in [0.2, 0.25) is 0 Å². The van der Waals surface area contributed by atoms with Gasteiger partial charge in [-0.15, -0.1) is 0 Å². The van der Waals surface area contributed by atoms with Crippen molar-refractivity contribution < 1.29 is 19.5 Å². The van der Waals surface area contributed by atoms with E-state index in [4.69, 9.17) is 0 Å². The first-order valence-corrected chi connectivity index (χ1v) is 9.36. The number of rotatable bonds is 8. The summed E-state index contributed by atoms with van der Waals surface area (Å²) >= 11 is 0. The Kier molecular flexibility index (Phi) is 7.84. The lowest BCUT2D eigenvalue weighted by Crippen LogP contribution is -2.32. The molecule has 1 aliphatic rings. The minimum Gasteiger partial charge on any atom is -0.511 e. The molecule has 1 N–H and O–H groups in total. The Balaban J connectivity index is 2.73. The van der Waals surface area contributed by atoms with E-state index in [0.29, 0.717) is 0 Å². The van der Waals surface area contributed by atoms with E-state index in [9.17, 15) is 19.5 Å². The van der Waals surface area contributed by atoms with E-state index < -0.39 is 11.7 Å². The lowest BCUT2D eigenvalue weighted by Gasteiger charge is -2.23. The highest BCUT2D eigenvalue weighted by atomic mass is 16.3. The standard InChI is InChI=1S/C20H33NO4/c1-6-7-8-9-10-17(24)21-13-16(23)18(19(21)25)15(22)11-14(2)12-20(3,4)5/h14,22H,6-13H2,1-5H3/b18-15-. The van der Waals surface area contributed by atoms with Gasteiger partial charge < -0.3 is 5.11 Å². The van der Waals surface area contributed by atoms with Gasteiger partial charge in [-0.1, -0.05) is 53.9 Å². The maximum absolute atomic E-state index is 12.4. The molecule has 0 bridgehead atoms. The summed E-state index contributed by atoms with van der Waals surface area (Å²) in [5, 5.41) is 10.3. The number of ketones is 1. The summed E-state index contributed by atoms with van der Waals surface area (Å²) in [5.41, 5.74) is -0.0863. The fourth-order valence-electron chi connectivity index (χ4n) is 3.42. The second-order valence-electron chi connectivity index (χ2n) is 8.41. The van der Waals surface area contributed by atoms with Gasteiger partial charge in [0.25, 0.3) is 5.91 Å². The number of amides is 2. The Morgan fingerprint density at radius 2 is 1.84 bits per heavy atom. The largest absolute Gasteiger partial charge is 0.511 e. The molecule has 1 atom stereocenters. The first kappa shape index (κ1) is 21.4. The number of aliphatic hydroxyl groups is 1. The van der Waals surface area contributed by atoms with Crippen molar-refractivity contribution in [1.29, 1.82) is 0 Å². The molecule has 0 spiro atoms. The number of hydrogen-bond acceptors (Lipinski definition) is 4. The second kappa shape index (κ2) is 9.16. The number of nitrogens with zero attached hydrogens (tertiary/aromatic N) is 1. The van der Waals surface area contributed by atoms with Gasteiger partial charge in [0.2, 0.25) is 5.91 Å². The molecule has 1 saturated heterocycles. The smallest absolute Gasteiger partial charge is 0.268 e. The number of allylic oxidation sites excluding steroid dienone is 1. The third-order valence-corrected chi connectivity index (χ3v) is 4.38. The Morgan fingerprint density at radius 1 is 1.20 bits per heavy atom. The number of unbranched alkanes of at least 4 members (excludes halogenated alkanes) is 3. The van der Waals surface area contributed by atoms with E-state index in [1.165, 1.54) is 0 Å². The van der Waals surface area contributed by atoms with Gasteiger partial charge in [-0.2, -0.15) is 0 Å². The highest BCUT2D eigenvalue weighted by Gasteiger charge is 2.39. The zero-order chi connectivity index (χ0) is 19.2. The molecule has 0 aromatic heterocycles. The number of aliphatic hydroxyl groups excluding tert-OH is 1. The van der Waals surface area contributed by atoms with E-state index in [1.807, 2.05) is 6.92 Å². The lowest BCUT2D eigenvalue weighted by molar-refractivity contribution is -0.141. The highest BCUT2D eigenvalue weighted by Crippen LogP contribution is 2.29. The zero-order valence-corrected chi connectivity index (χ0v) is 16.4. The number of likely N-dealkylation sites (tertiary alicyclic amines) is 1. The van der Waals surface area contributed by atoms with Gasteiger partial charge in [-0.3, -0.25) is 19.3 Å². The van der Waals surface area contributed by atoms with Crippen molar-refractivity contribution in [2.24, 2.45) is 11.3 Å². The van der Waals surface area contributed by atoms with Crippen LogP contribution in [-0.2, 0) is 14.4 Å². The van der Waals surface area contributed by atoms with Crippen molar-refractivity contribution in [1.82, 2.24) is 4.90 Å². The van der Waals surface area contributed by atoms with Crippen LogP contribution in [0.4, 0.5) is 0 Å². The summed E-state index contributed by atoms with van der Waals surface area (Å²) in [5.74, 6) is -1.43. The molecule has 0 radical (unpaired) electrons. The molecule has 1 heterocycles. The maximum atomic E-state index is 12.4. The topological polar surface area (TPSA) is 74.7 Å². The van der Waals surface area contributed by atoms with Crippen molar-refractivity contribution in [3.8, 4) is 0 Å². The zero-order valence-electron chi connectivity index (χ0n) is 16.4. The highest BCUT2D eigenvalue weighted by molar-refractivity contribution is 6.29. The van der Waals surface area contributed by atoms with E-state index in [-0.39, 0.29) is 48.0 Å². The van der Waals surface area contributed by atoms with Crippen LogP contribution in [0.15, 0.2) is 11.3 Å². The van der Waals surface area contributed by atoms with Crippen molar-refractivity contribution in [2.45, 2.75) is 79.6 Å². The van der Waals surface area contributed by atoms with Gasteiger partial charge in [0.05, 0.1) is 6.54 Å². The van der Waals surface area contributed by atoms with Crippen molar-refractivity contribution in [2.75, 3.05) is 6.54 Å². The van der Waals surface area contributed by atoms with E-state index in [0.717, 1.165) is 37.0 Å². The number of Topliss-reactive ketones (excluding diaryl/α,β-unsaturated/α-hetero) is 1. The number of carbonyl (C=O) groups excluding carboxylic acids is 3. The normalized spacial score (nSPS) is 18.7. The predicted molar refractivity (Wildman–Crippen MR) is 98.0 cm³/mol. The Morgan fingerprint density at radius 3 is 2.40 bits per heavy atom. The maximum Gasteiger partial charge on any atom is 0.268 e. The van der Waals surface area contributed by atoms with Crippen LogP contribution in [0.1, 0.15) is 79.6 Å². The summed E-state index contributed by atoms with van der Waals surface area (Å²) in [4.78, 5) is 37.8. The Bertz CT molecular complexity index is 542. The first-order valence-electron chi connectivity index (χ1n) is 9.36. The van der Waals surface area contributed by atoms with E-state index in [1.54, 1.807) is 0 Å². The molecule has 1 fully saturated rings. The van der Waals surface area contributed by atoms with E-state index in [2.05, 4.69) is 27.7 Å². The molecule has 1 aliphatic heterocycles. The minimum absolute atomic E-state index is 0.106. The van der Waals surface area contributed by atoms with Crippen LogP contribution >= 0.6 is 0 Å². The van der Waals surface area contributed by atoms with Crippen LogP contribution in [0, 0.1) is 11.3 Å². The van der Waals surface area contributed by atoms with Gasteiger partial charge in [0.15, 0.2) is 5.78 Å². The molecule has 2 amide bonds. The Hall–Kier alpha value is -1.65. The second-order valence-corrected chi connectivity index (χ2v) is 8.41. The number of hydrogen-bond donors (Lipinski definition) is 1. The average molecular weight is 351 g/mol. The molecule has 1 rings (SSSR count). The first-order chi connectivity index (χ1) is 11.6. The Labute approximate surface area is 151 Å². The molecule has 0 aromatic carbocycles. The average Bonchev–Trinajstić information content (AvgIpc) is 2.76. The fourth-order valence-corrected chi connectivity index (χ4v) is 3.42. The minimum atomic E-state index is -0.633. The van der Waals surface area contributed by atoms with Crippen molar-refractivity contribution >= 4 is 17.6 Å². The predicted octanol–water partition coefficient (Wildman–Crippen LogP) is 4.17. The quantitative estimate of drug-likeness (QED) is 0.308. The molecule has 0 aromatic rings. The molecule has 25 heavy (non-hydrogen) atoms. The van der Waals surface area contributed by atoms with Gasteiger partial charge in [-0.25, -0.2) is 0 Å². The molecular weight excluding hydrogens is 318 g/mol. The van der Waals surface area contributed by atoms with Gasteiger partial charge in [0, 0.05) is 12.8 Å². The third-order valence-electron chi connectivity index (χ3n) is 4.38. The molecule has 5 nitrogen and oxygen atoms in total.